The molecule has 3 heterocycles. The van der Waals surface area contributed by atoms with E-state index < -0.39 is 40.6 Å². The Kier molecular flexibility index (Phi) is 5.14. The summed E-state index contributed by atoms with van der Waals surface area (Å²) in [5.74, 6) is -3.07. The molecule has 35 heavy (non-hydrogen) atoms. The van der Waals surface area contributed by atoms with Crippen LogP contribution in [0.15, 0.2) is 36.4 Å². The van der Waals surface area contributed by atoms with Gasteiger partial charge >= 0.3 is 5.97 Å². The van der Waals surface area contributed by atoms with E-state index in [0.717, 1.165) is 12.8 Å². The minimum Gasteiger partial charge on any atom is -0.465 e. The molecule has 3 fully saturated rings. The largest absolute Gasteiger partial charge is 0.465 e. The molecule has 2 bridgehead atoms. The third-order valence-electron chi connectivity index (χ3n) is 7.22. The highest BCUT2D eigenvalue weighted by molar-refractivity contribution is 6.10. The monoisotopic (exact) mass is 481 g/mol. The lowest BCUT2D eigenvalue weighted by molar-refractivity contribution is -0.134. The molecule has 9 heteroatoms. The topological polar surface area (TPSA) is 114 Å². The van der Waals surface area contributed by atoms with Crippen molar-refractivity contribution in [2.24, 2.45) is 11.8 Å². The van der Waals surface area contributed by atoms with Gasteiger partial charge in [0.1, 0.15) is 11.6 Å². The van der Waals surface area contributed by atoms with Gasteiger partial charge in [-0.05, 0) is 64.8 Å². The number of carbonyl (C=O) groups is 4. The third-order valence-corrected chi connectivity index (χ3v) is 7.22. The van der Waals surface area contributed by atoms with Crippen LogP contribution in [0.1, 0.15) is 50.9 Å². The first kappa shape index (κ1) is 23.5. The van der Waals surface area contributed by atoms with Crippen LogP contribution in [-0.2, 0) is 23.9 Å². The van der Waals surface area contributed by atoms with Gasteiger partial charge in [-0.2, -0.15) is 0 Å². The molecule has 5 unspecified atom stereocenters. The van der Waals surface area contributed by atoms with Crippen LogP contribution in [0.5, 0.6) is 0 Å². The van der Waals surface area contributed by atoms with Crippen LogP contribution in [0.4, 0.5) is 5.69 Å². The standard InChI is InChI=1S/C26H31N3O6/c1-24(2,3)28-21(31)19-26-13-12-25(4,35-26)17(20(30)27-15-8-9-15)18(26)22(32)29(19)16-10-6-14(7-11-16)23(33)34-5/h6-7,10-13,15,17-19H,8-9H2,1-5H3,(H,27,30)(H,28,31). The fourth-order valence-corrected chi connectivity index (χ4v) is 5.64. The number of methoxy groups -OCH3 is 1. The number of ether oxygens (including phenoxy) is 2. The number of rotatable bonds is 5. The molecule has 1 aliphatic carbocycles. The first-order chi connectivity index (χ1) is 16.4. The highest BCUT2D eigenvalue weighted by Gasteiger charge is 2.76. The summed E-state index contributed by atoms with van der Waals surface area (Å²) in [5.41, 5.74) is -2.06. The van der Waals surface area contributed by atoms with Crippen LogP contribution in [0.25, 0.3) is 0 Å². The number of nitrogens with zero attached hydrogens (tertiary/aromatic N) is 1. The van der Waals surface area contributed by atoms with E-state index in [1.54, 1.807) is 37.3 Å². The summed E-state index contributed by atoms with van der Waals surface area (Å²) in [7, 11) is 1.29. The van der Waals surface area contributed by atoms with Gasteiger partial charge in [-0.1, -0.05) is 12.2 Å². The maximum atomic E-state index is 14.0. The van der Waals surface area contributed by atoms with Crippen molar-refractivity contribution in [1.82, 2.24) is 10.6 Å². The summed E-state index contributed by atoms with van der Waals surface area (Å²) in [6, 6.07) is 5.41. The summed E-state index contributed by atoms with van der Waals surface area (Å²) in [6.45, 7) is 7.39. The summed E-state index contributed by atoms with van der Waals surface area (Å²) in [4.78, 5) is 54.4. The molecule has 1 aromatic carbocycles. The number of fused-ring (bicyclic) bond motifs is 1. The Morgan fingerprint density at radius 3 is 2.31 bits per heavy atom. The second-order valence-electron chi connectivity index (χ2n) is 11.1. The number of hydrogen-bond acceptors (Lipinski definition) is 6. The van der Waals surface area contributed by atoms with Crippen LogP contribution in [0.3, 0.4) is 0 Å². The number of amides is 3. The van der Waals surface area contributed by atoms with Crippen LogP contribution in [0.2, 0.25) is 0 Å². The molecule has 5 rings (SSSR count). The zero-order valence-electron chi connectivity index (χ0n) is 20.6. The first-order valence-electron chi connectivity index (χ1n) is 11.9. The van der Waals surface area contributed by atoms with E-state index in [9.17, 15) is 19.2 Å². The van der Waals surface area contributed by atoms with Crippen LogP contribution >= 0.6 is 0 Å². The van der Waals surface area contributed by atoms with Crippen molar-refractivity contribution in [2.75, 3.05) is 12.0 Å². The van der Waals surface area contributed by atoms with E-state index in [-0.39, 0.29) is 23.8 Å². The van der Waals surface area contributed by atoms with Gasteiger partial charge in [-0.25, -0.2) is 4.79 Å². The van der Waals surface area contributed by atoms with E-state index in [2.05, 4.69) is 10.6 Å². The van der Waals surface area contributed by atoms with Crippen molar-refractivity contribution in [2.45, 2.75) is 69.4 Å². The Hall–Kier alpha value is -3.20. The van der Waals surface area contributed by atoms with Gasteiger partial charge in [0.2, 0.25) is 17.7 Å². The molecule has 1 aromatic rings. The van der Waals surface area contributed by atoms with E-state index in [1.165, 1.54) is 12.0 Å². The Labute approximate surface area is 204 Å². The molecule has 4 aliphatic rings. The van der Waals surface area contributed by atoms with Crippen LogP contribution in [0, 0.1) is 11.8 Å². The van der Waals surface area contributed by atoms with E-state index in [4.69, 9.17) is 9.47 Å². The van der Waals surface area contributed by atoms with Crippen molar-refractivity contribution >= 4 is 29.4 Å². The molecule has 3 amide bonds. The Morgan fingerprint density at radius 2 is 1.74 bits per heavy atom. The fraction of sp³-hybridized carbons (Fsp3) is 0.538. The van der Waals surface area contributed by atoms with Crippen molar-refractivity contribution in [3.8, 4) is 0 Å². The van der Waals surface area contributed by atoms with Crippen molar-refractivity contribution in [1.29, 1.82) is 0 Å². The summed E-state index contributed by atoms with van der Waals surface area (Å²) in [5, 5.41) is 6.01. The minimum absolute atomic E-state index is 0.128. The SMILES string of the molecule is COC(=O)c1ccc(N2C(=O)C3C(C(=O)NC4CC4)C4(C)C=CC3(O4)C2C(=O)NC(C)(C)C)cc1. The maximum Gasteiger partial charge on any atom is 0.337 e. The van der Waals surface area contributed by atoms with Gasteiger partial charge in [-0.3, -0.25) is 19.3 Å². The summed E-state index contributed by atoms with van der Waals surface area (Å²) in [6.07, 6.45) is 5.44. The smallest absolute Gasteiger partial charge is 0.337 e. The molecule has 3 aliphatic heterocycles. The zero-order chi connectivity index (χ0) is 25.3. The predicted octanol–water partition coefficient (Wildman–Crippen LogP) is 1.71. The Bertz CT molecular complexity index is 1130. The van der Waals surface area contributed by atoms with Crippen molar-refractivity contribution < 1.29 is 28.7 Å². The molecule has 186 valence electrons. The molecular formula is C26H31N3O6. The van der Waals surface area contributed by atoms with E-state index in [1.807, 2.05) is 26.8 Å². The molecule has 9 nitrogen and oxygen atoms in total. The predicted molar refractivity (Wildman–Crippen MR) is 126 cm³/mol. The quantitative estimate of drug-likeness (QED) is 0.489. The normalized spacial score (nSPS) is 33.0. The van der Waals surface area contributed by atoms with Gasteiger partial charge in [0.25, 0.3) is 0 Å². The van der Waals surface area contributed by atoms with E-state index >= 15 is 0 Å². The lowest BCUT2D eigenvalue weighted by Gasteiger charge is -2.35. The highest BCUT2D eigenvalue weighted by Crippen LogP contribution is 2.60. The first-order valence-corrected chi connectivity index (χ1v) is 11.9. The third kappa shape index (κ3) is 3.64. The number of esters is 1. The molecule has 2 saturated heterocycles. The number of nitrogens with one attached hydrogen (secondary N) is 2. The number of benzene rings is 1. The average molecular weight is 482 g/mol. The van der Waals surface area contributed by atoms with Gasteiger partial charge < -0.3 is 20.1 Å². The van der Waals surface area contributed by atoms with Crippen LogP contribution < -0.4 is 15.5 Å². The Balaban J connectivity index is 1.58. The minimum atomic E-state index is -1.28. The Morgan fingerprint density at radius 1 is 1.09 bits per heavy atom. The zero-order valence-corrected chi connectivity index (χ0v) is 20.6. The van der Waals surface area contributed by atoms with E-state index in [0.29, 0.717) is 11.3 Å². The summed E-state index contributed by atoms with van der Waals surface area (Å²) >= 11 is 0. The lowest BCUT2D eigenvalue weighted by Crippen LogP contribution is -2.58. The summed E-state index contributed by atoms with van der Waals surface area (Å²) < 4.78 is 11.3. The highest BCUT2D eigenvalue weighted by atomic mass is 16.5. The molecule has 1 spiro atoms. The van der Waals surface area contributed by atoms with Gasteiger partial charge in [0, 0.05) is 17.3 Å². The second kappa shape index (κ2) is 7.65. The molecule has 2 N–H and O–H groups in total. The number of anilines is 1. The average Bonchev–Trinajstić information content (AvgIpc) is 3.40. The van der Waals surface area contributed by atoms with Gasteiger partial charge in [0.05, 0.1) is 30.1 Å². The van der Waals surface area contributed by atoms with Crippen molar-refractivity contribution in [3.05, 3.63) is 42.0 Å². The van der Waals surface area contributed by atoms with Crippen molar-refractivity contribution in [3.63, 3.8) is 0 Å². The maximum absolute atomic E-state index is 14.0. The number of hydrogen-bond donors (Lipinski definition) is 2. The molecule has 0 radical (unpaired) electrons. The number of carbonyl (C=O) groups excluding carboxylic acids is 4. The van der Waals surface area contributed by atoms with Gasteiger partial charge in [-0.15, -0.1) is 0 Å². The fourth-order valence-electron chi connectivity index (χ4n) is 5.64. The van der Waals surface area contributed by atoms with Gasteiger partial charge in [0.15, 0.2) is 0 Å². The molecule has 0 aromatic heterocycles. The van der Waals surface area contributed by atoms with Crippen LogP contribution in [-0.4, -0.2) is 59.6 Å². The molecule has 1 saturated carbocycles. The molecule has 5 atom stereocenters. The lowest BCUT2D eigenvalue weighted by atomic mass is 9.70. The second-order valence-corrected chi connectivity index (χ2v) is 11.1. The molecular weight excluding hydrogens is 450 g/mol.